The number of hydrogen-bond donors (Lipinski definition) is 1. The first-order chi connectivity index (χ1) is 9.59. The molecule has 0 radical (unpaired) electrons. The third kappa shape index (κ3) is 2.51. The van der Waals surface area contributed by atoms with Gasteiger partial charge in [0.15, 0.2) is 0 Å². The molecular formula is C16H24N2OS. The van der Waals surface area contributed by atoms with Gasteiger partial charge < -0.3 is 10.2 Å². The Hall–Kier alpha value is -0.870. The smallest absolute Gasteiger partial charge is 0.240 e. The summed E-state index contributed by atoms with van der Waals surface area (Å²) >= 11 is 1.72. The number of carbonyl (C=O) groups is 1. The van der Waals surface area contributed by atoms with Crippen LogP contribution in [-0.2, 0) is 4.79 Å². The summed E-state index contributed by atoms with van der Waals surface area (Å²) in [5.74, 6) is 0.309. The lowest BCUT2D eigenvalue weighted by atomic mass is 9.77. The highest BCUT2D eigenvalue weighted by atomic mass is 32.1. The molecule has 3 heterocycles. The van der Waals surface area contributed by atoms with Gasteiger partial charge in [-0.15, -0.1) is 0 Å². The van der Waals surface area contributed by atoms with Crippen LogP contribution in [0.15, 0.2) is 16.8 Å². The van der Waals surface area contributed by atoms with Crippen LogP contribution in [0.4, 0.5) is 0 Å². The van der Waals surface area contributed by atoms with Crippen LogP contribution in [0.5, 0.6) is 0 Å². The second-order valence-electron chi connectivity index (χ2n) is 6.73. The van der Waals surface area contributed by atoms with Crippen LogP contribution in [-0.4, -0.2) is 29.9 Å². The number of thiophene rings is 1. The molecule has 1 amide bonds. The van der Waals surface area contributed by atoms with Gasteiger partial charge >= 0.3 is 0 Å². The first-order valence-corrected chi connectivity index (χ1v) is 8.60. The molecule has 2 fully saturated rings. The lowest BCUT2D eigenvalue weighted by molar-refractivity contribution is -0.138. The molecule has 110 valence electrons. The van der Waals surface area contributed by atoms with E-state index in [-0.39, 0.29) is 11.5 Å². The van der Waals surface area contributed by atoms with Crippen LogP contribution in [0.2, 0.25) is 0 Å². The second kappa shape index (κ2) is 5.49. The Kier molecular flexibility index (Phi) is 3.87. The van der Waals surface area contributed by atoms with Crippen molar-refractivity contribution in [2.45, 2.75) is 51.6 Å². The van der Waals surface area contributed by atoms with Crippen molar-refractivity contribution in [2.24, 2.45) is 5.41 Å². The number of amides is 1. The first kappa shape index (κ1) is 14.1. The Morgan fingerprint density at radius 3 is 3.00 bits per heavy atom. The number of rotatable bonds is 2. The summed E-state index contributed by atoms with van der Waals surface area (Å²) in [5.41, 5.74) is 1.38. The largest absolute Gasteiger partial charge is 0.334 e. The van der Waals surface area contributed by atoms with Crippen LogP contribution in [0, 0.1) is 5.41 Å². The average Bonchev–Trinajstić information content (AvgIpc) is 3.08. The summed E-state index contributed by atoms with van der Waals surface area (Å²) in [6.07, 6.45) is 4.53. The van der Waals surface area contributed by atoms with Gasteiger partial charge in [0.05, 0.1) is 12.1 Å². The van der Waals surface area contributed by atoms with E-state index < -0.39 is 0 Å². The van der Waals surface area contributed by atoms with E-state index in [1.807, 2.05) is 0 Å². The van der Waals surface area contributed by atoms with E-state index in [2.05, 4.69) is 40.9 Å². The minimum atomic E-state index is -0.0181. The summed E-state index contributed by atoms with van der Waals surface area (Å²) in [4.78, 5) is 15.1. The van der Waals surface area contributed by atoms with E-state index in [0.717, 1.165) is 32.4 Å². The molecule has 2 saturated heterocycles. The molecule has 2 unspecified atom stereocenters. The number of carbonyl (C=O) groups excluding carboxylic acids is 1. The monoisotopic (exact) mass is 292 g/mol. The summed E-state index contributed by atoms with van der Waals surface area (Å²) in [6.45, 7) is 6.32. The molecular weight excluding hydrogens is 268 g/mol. The Balaban J connectivity index is 1.79. The highest BCUT2D eigenvalue weighted by Gasteiger charge is 2.42. The molecule has 0 aromatic carbocycles. The van der Waals surface area contributed by atoms with Gasteiger partial charge in [0.25, 0.3) is 0 Å². The number of nitrogens with zero attached hydrogens (tertiary/aromatic N) is 1. The Bertz CT molecular complexity index is 469. The zero-order valence-corrected chi connectivity index (χ0v) is 13.2. The minimum absolute atomic E-state index is 0.0181. The fraction of sp³-hybridized carbons (Fsp3) is 0.688. The molecule has 0 spiro atoms. The van der Waals surface area contributed by atoms with Crippen molar-refractivity contribution >= 4 is 17.2 Å². The number of piperidine rings is 1. The topological polar surface area (TPSA) is 32.3 Å². The molecule has 1 aromatic heterocycles. The Morgan fingerprint density at radius 2 is 2.30 bits per heavy atom. The SMILES string of the molecule is CC1(C)CCCNC1C(=O)N1CCCC1c1ccsc1. The van der Waals surface area contributed by atoms with Crippen LogP contribution in [0.25, 0.3) is 0 Å². The van der Waals surface area contributed by atoms with E-state index in [9.17, 15) is 4.79 Å². The molecule has 1 N–H and O–H groups in total. The fourth-order valence-corrected chi connectivity index (χ4v) is 4.35. The summed E-state index contributed by atoms with van der Waals surface area (Å²) in [7, 11) is 0. The molecule has 0 bridgehead atoms. The van der Waals surface area contributed by atoms with Gasteiger partial charge in [0, 0.05) is 6.54 Å². The van der Waals surface area contributed by atoms with E-state index in [0.29, 0.717) is 11.9 Å². The van der Waals surface area contributed by atoms with Crippen molar-refractivity contribution in [3.05, 3.63) is 22.4 Å². The quantitative estimate of drug-likeness (QED) is 0.908. The third-order valence-corrected chi connectivity index (χ3v) is 5.54. The maximum absolute atomic E-state index is 13.0. The van der Waals surface area contributed by atoms with Crippen molar-refractivity contribution in [3.63, 3.8) is 0 Å². The Morgan fingerprint density at radius 1 is 1.45 bits per heavy atom. The molecule has 0 saturated carbocycles. The molecule has 3 nitrogen and oxygen atoms in total. The maximum Gasteiger partial charge on any atom is 0.240 e. The molecule has 20 heavy (non-hydrogen) atoms. The predicted molar refractivity (Wildman–Crippen MR) is 82.8 cm³/mol. The number of nitrogens with one attached hydrogen (secondary N) is 1. The van der Waals surface area contributed by atoms with Gasteiger partial charge in [-0.05, 0) is 60.0 Å². The van der Waals surface area contributed by atoms with Crippen molar-refractivity contribution in [3.8, 4) is 0 Å². The minimum Gasteiger partial charge on any atom is -0.334 e. The van der Waals surface area contributed by atoms with Gasteiger partial charge in [-0.3, -0.25) is 4.79 Å². The second-order valence-corrected chi connectivity index (χ2v) is 7.51. The van der Waals surface area contributed by atoms with Gasteiger partial charge in [-0.25, -0.2) is 0 Å². The Labute approximate surface area is 125 Å². The maximum atomic E-state index is 13.0. The molecule has 2 atom stereocenters. The zero-order valence-electron chi connectivity index (χ0n) is 12.4. The molecule has 1 aromatic rings. The van der Waals surface area contributed by atoms with Crippen LogP contribution < -0.4 is 5.32 Å². The molecule has 2 aliphatic heterocycles. The summed E-state index contributed by atoms with van der Waals surface area (Å²) in [6, 6.07) is 2.45. The van der Waals surface area contributed by atoms with E-state index in [1.165, 1.54) is 12.0 Å². The van der Waals surface area contributed by atoms with E-state index in [1.54, 1.807) is 11.3 Å². The molecule has 2 aliphatic rings. The number of likely N-dealkylation sites (tertiary alicyclic amines) is 1. The standard InChI is InChI=1S/C16H24N2OS/c1-16(2)7-4-8-17-14(16)15(19)18-9-3-5-13(18)12-6-10-20-11-12/h6,10-11,13-14,17H,3-5,7-9H2,1-2H3. The first-order valence-electron chi connectivity index (χ1n) is 7.65. The van der Waals surface area contributed by atoms with Crippen molar-refractivity contribution < 1.29 is 4.79 Å². The lowest BCUT2D eigenvalue weighted by Gasteiger charge is -2.41. The predicted octanol–water partition coefficient (Wildman–Crippen LogP) is 3.19. The molecule has 0 aliphatic carbocycles. The summed E-state index contributed by atoms with van der Waals surface area (Å²) < 4.78 is 0. The highest BCUT2D eigenvalue weighted by molar-refractivity contribution is 7.07. The van der Waals surface area contributed by atoms with Crippen molar-refractivity contribution in [1.29, 1.82) is 0 Å². The fourth-order valence-electron chi connectivity index (χ4n) is 3.64. The van der Waals surface area contributed by atoms with Crippen LogP contribution >= 0.6 is 11.3 Å². The summed E-state index contributed by atoms with van der Waals surface area (Å²) in [5, 5.41) is 7.76. The molecule has 4 heteroatoms. The molecule has 3 rings (SSSR count). The van der Waals surface area contributed by atoms with Gasteiger partial charge in [0.2, 0.25) is 5.91 Å². The van der Waals surface area contributed by atoms with E-state index >= 15 is 0 Å². The van der Waals surface area contributed by atoms with Gasteiger partial charge in [-0.2, -0.15) is 11.3 Å². The van der Waals surface area contributed by atoms with Crippen molar-refractivity contribution in [1.82, 2.24) is 10.2 Å². The third-order valence-electron chi connectivity index (χ3n) is 4.84. The zero-order chi connectivity index (χ0) is 14.2. The lowest BCUT2D eigenvalue weighted by Crippen LogP contribution is -2.56. The van der Waals surface area contributed by atoms with Crippen molar-refractivity contribution in [2.75, 3.05) is 13.1 Å². The van der Waals surface area contributed by atoms with Gasteiger partial charge in [-0.1, -0.05) is 13.8 Å². The van der Waals surface area contributed by atoms with E-state index in [4.69, 9.17) is 0 Å². The number of hydrogen-bond acceptors (Lipinski definition) is 3. The average molecular weight is 292 g/mol. The normalized spacial score (nSPS) is 29.6. The van der Waals surface area contributed by atoms with Gasteiger partial charge in [0.1, 0.15) is 0 Å². The van der Waals surface area contributed by atoms with Crippen LogP contribution in [0.3, 0.4) is 0 Å². The van der Waals surface area contributed by atoms with Crippen LogP contribution in [0.1, 0.15) is 51.1 Å². The highest BCUT2D eigenvalue weighted by Crippen LogP contribution is 2.37.